The Labute approximate surface area is 78.5 Å². The van der Waals surface area contributed by atoms with E-state index in [1.165, 1.54) is 0 Å². The smallest absolute Gasteiger partial charge is 0.120 e. The molecule has 0 aliphatic carbocycles. The van der Waals surface area contributed by atoms with Crippen LogP contribution in [0, 0.1) is 0 Å². The summed E-state index contributed by atoms with van der Waals surface area (Å²) >= 11 is 0. The quantitative estimate of drug-likeness (QED) is 0.587. The first-order valence-corrected chi connectivity index (χ1v) is 4.89. The summed E-state index contributed by atoms with van der Waals surface area (Å²) in [5.41, 5.74) is 0. The number of carbonyl (C=O) groups excluding carboxylic acids is 2. The standard InChI is InChI=1S/C10H16O3/c11-7-1-3-9-5-6-10(13-9)4-2-8-12/h7-10H,1-6H2. The molecule has 1 rings (SSSR count). The molecule has 2 atom stereocenters. The normalized spacial score (nSPS) is 27.4. The maximum absolute atomic E-state index is 10.1. The molecule has 0 N–H and O–H groups in total. The van der Waals surface area contributed by atoms with E-state index in [0.29, 0.717) is 12.8 Å². The first-order chi connectivity index (χ1) is 6.36. The minimum absolute atomic E-state index is 0.252. The molecule has 0 aromatic heterocycles. The summed E-state index contributed by atoms with van der Waals surface area (Å²) in [6.45, 7) is 0. The third-order valence-corrected chi connectivity index (χ3v) is 2.41. The lowest BCUT2D eigenvalue weighted by Gasteiger charge is -2.11. The Morgan fingerprint density at radius 3 is 1.85 bits per heavy atom. The van der Waals surface area contributed by atoms with Crippen molar-refractivity contribution in [3.63, 3.8) is 0 Å². The van der Waals surface area contributed by atoms with Crippen LogP contribution >= 0.6 is 0 Å². The van der Waals surface area contributed by atoms with Crippen LogP contribution in [0.2, 0.25) is 0 Å². The average molecular weight is 184 g/mol. The minimum Gasteiger partial charge on any atom is -0.375 e. The Hall–Kier alpha value is -0.700. The van der Waals surface area contributed by atoms with E-state index in [4.69, 9.17) is 4.74 Å². The second-order valence-electron chi connectivity index (χ2n) is 3.45. The molecule has 1 aliphatic heterocycles. The van der Waals surface area contributed by atoms with Crippen molar-refractivity contribution >= 4 is 12.6 Å². The molecule has 0 aromatic rings. The zero-order chi connectivity index (χ0) is 9.52. The van der Waals surface area contributed by atoms with Gasteiger partial charge < -0.3 is 14.3 Å². The number of carbonyl (C=O) groups is 2. The first kappa shape index (κ1) is 10.4. The summed E-state index contributed by atoms with van der Waals surface area (Å²) in [4.78, 5) is 20.2. The number of rotatable bonds is 6. The zero-order valence-corrected chi connectivity index (χ0v) is 7.78. The average Bonchev–Trinajstić information content (AvgIpc) is 2.59. The molecule has 0 aromatic carbocycles. The molecular weight excluding hydrogens is 168 g/mol. The summed E-state index contributed by atoms with van der Waals surface area (Å²) in [5, 5.41) is 0. The maximum atomic E-state index is 10.1. The van der Waals surface area contributed by atoms with Gasteiger partial charge in [0.2, 0.25) is 0 Å². The van der Waals surface area contributed by atoms with Gasteiger partial charge in [0.15, 0.2) is 0 Å². The Morgan fingerprint density at radius 2 is 1.46 bits per heavy atom. The maximum Gasteiger partial charge on any atom is 0.120 e. The first-order valence-electron chi connectivity index (χ1n) is 4.89. The van der Waals surface area contributed by atoms with Crippen molar-refractivity contribution in [1.29, 1.82) is 0 Å². The van der Waals surface area contributed by atoms with E-state index in [0.717, 1.165) is 38.3 Å². The van der Waals surface area contributed by atoms with Crippen molar-refractivity contribution in [1.82, 2.24) is 0 Å². The lowest BCUT2D eigenvalue weighted by atomic mass is 10.1. The minimum atomic E-state index is 0.252. The molecule has 1 saturated heterocycles. The highest BCUT2D eigenvalue weighted by molar-refractivity contribution is 5.49. The molecule has 0 saturated carbocycles. The molecular formula is C10H16O3. The fraction of sp³-hybridized carbons (Fsp3) is 0.800. The van der Waals surface area contributed by atoms with E-state index >= 15 is 0 Å². The number of hydrogen-bond donors (Lipinski definition) is 0. The van der Waals surface area contributed by atoms with Gasteiger partial charge in [-0.15, -0.1) is 0 Å². The second kappa shape index (κ2) is 5.86. The van der Waals surface area contributed by atoms with Crippen molar-refractivity contribution in [2.45, 2.75) is 50.7 Å². The monoisotopic (exact) mass is 184 g/mol. The van der Waals surface area contributed by atoms with Gasteiger partial charge in [-0.25, -0.2) is 0 Å². The van der Waals surface area contributed by atoms with Gasteiger partial charge in [-0.05, 0) is 25.7 Å². The highest BCUT2D eigenvalue weighted by atomic mass is 16.5. The SMILES string of the molecule is O=CCCC1CCC(CCC=O)O1. The lowest BCUT2D eigenvalue weighted by Crippen LogP contribution is -2.11. The van der Waals surface area contributed by atoms with Gasteiger partial charge in [-0.2, -0.15) is 0 Å². The van der Waals surface area contributed by atoms with Gasteiger partial charge in [0, 0.05) is 12.8 Å². The van der Waals surface area contributed by atoms with Crippen LogP contribution in [-0.2, 0) is 14.3 Å². The molecule has 1 fully saturated rings. The summed E-state index contributed by atoms with van der Waals surface area (Å²) in [5.74, 6) is 0. The summed E-state index contributed by atoms with van der Waals surface area (Å²) in [6, 6.07) is 0. The molecule has 74 valence electrons. The summed E-state index contributed by atoms with van der Waals surface area (Å²) < 4.78 is 5.65. The molecule has 1 aliphatic rings. The summed E-state index contributed by atoms with van der Waals surface area (Å²) in [7, 11) is 0. The Bertz CT molecular complexity index is 150. The topological polar surface area (TPSA) is 43.4 Å². The van der Waals surface area contributed by atoms with Crippen LogP contribution in [0.3, 0.4) is 0 Å². The Balaban J connectivity index is 2.12. The fourth-order valence-corrected chi connectivity index (χ4v) is 1.71. The predicted octanol–water partition coefficient (Wildman–Crippen LogP) is 1.49. The molecule has 0 amide bonds. The van der Waals surface area contributed by atoms with Gasteiger partial charge in [0.1, 0.15) is 12.6 Å². The van der Waals surface area contributed by atoms with Crippen LogP contribution in [0.1, 0.15) is 38.5 Å². The van der Waals surface area contributed by atoms with Crippen LogP contribution in [0.25, 0.3) is 0 Å². The molecule has 0 bridgehead atoms. The molecule has 0 radical (unpaired) electrons. The van der Waals surface area contributed by atoms with E-state index in [1.54, 1.807) is 0 Å². The number of hydrogen-bond acceptors (Lipinski definition) is 3. The molecule has 3 nitrogen and oxygen atoms in total. The van der Waals surface area contributed by atoms with Gasteiger partial charge >= 0.3 is 0 Å². The van der Waals surface area contributed by atoms with Crippen LogP contribution in [-0.4, -0.2) is 24.8 Å². The Kier molecular flexibility index (Phi) is 4.68. The van der Waals surface area contributed by atoms with Gasteiger partial charge in [-0.3, -0.25) is 0 Å². The van der Waals surface area contributed by atoms with E-state index < -0.39 is 0 Å². The van der Waals surface area contributed by atoms with Crippen LogP contribution in [0.4, 0.5) is 0 Å². The lowest BCUT2D eigenvalue weighted by molar-refractivity contribution is -0.108. The third-order valence-electron chi connectivity index (χ3n) is 2.41. The fourth-order valence-electron chi connectivity index (χ4n) is 1.71. The molecule has 0 spiro atoms. The highest BCUT2D eigenvalue weighted by Crippen LogP contribution is 2.25. The van der Waals surface area contributed by atoms with Crippen molar-refractivity contribution in [3.8, 4) is 0 Å². The van der Waals surface area contributed by atoms with E-state index in [-0.39, 0.29) is 12.2 Å². The molecule has 13 heavy (non-hydrogen) atoms. The van der Waals surface area contributed by atoms with E-state index in [9.17, 15) is 9.59 Å². The molecule has 1 heterocycles. The van der Waals surface area contributed by atoms with Crippen molar-refractivity contribution in [3.05, 3.63) is 0 Å². The highest BCUT2D eigenvalue weighted by Gasteiger charge is 2.23. The van der Waals surface area contributed by atoms with Crippen molar-refractivity contribution < 1.29 is 14.3 Å². The molecule has 2 unspecified atom stereocenters. The number of ether oxygens (including phenoxy) is 1. The van der Waals surface area contributed by atoms with Gasteiger partial charge in [-0.1, -0.05) is 0 Å². The van der Waals surface area contributed by atoms with E-state index in [2.05, 4.69) is 0 Å². The zero-order valence-electron chi connectivity index (χ0n) is 7.78. The van der Waals surface area contributed by atoms with Crippen molar-refractivity contribution in [2.24, 2.45) is 0 Å². The van der Waals surface area contributed by atoms with Crippen LogP contribution in [0.15, 0.2) is 0 Å². The second-order valence-corrected chi connectivity index (χ2v) is 3.45. The van der Waals surface area contributed by atoms with Crippen LogP contribution in [0.5, 0.6) is 0 Å². The van der Waals surface area contributed by atoms with Gasteiger partial charge in [0.05, 0.1) is 12.2 Å². The van der Waals surface area contributed by atoms with E-state index in [1.807, 2.05) is 0 Å². The largest absolute Gasteiger partial charge is 0.375 e. The Morgan fingerprint density at radius 1 is 1.00 bits per heavy atom. The van der Waals surface area contributed by atoms with Crippen molar-refractivity contribution in [2.75, 3.05) is 0 Å². The van der Waals surface area contributed by atoms with Crippen LogP contribution < -0.4 is 0 Å². The number of aldehydes is 2. The summed E-state index contributed by atoms with van der Waals surface area (Å²) in [6.07, 6.45) is 7.29. The third kappa shape index (κ3) is 3.68. The van der Waals surface area contributed by atoms with Gasteiger partial charge in [0.25, 0.3) is 0 Å². The molecule has 3 heteroatoms. The predicted molar refractivity (Wildman–Crippen MR) is 48.5 cm³/mol.